The molecule has 2 rings (SSSR count). The molecule has 2 aromatic rings. The normalized spacial score (nSPS) is 12.4. The van der Waals surface area contributed by atoms with Gasteiger partial charge >= 0.3 is 0 Å². The summed E-state index contributed by atoms with van der Waals surface area (Å²) in [7, 11) is 0. The fourth-order valence-electron chi connectivity index (χ4n) is 2.18. The monoisotopic (exact) mass is 355 g/mol. The molecule has 0 aliphatic rings. The van der Waals surface area contributed by atoms with E-state index in [1.807, 2.05) is 30.3 Å². The highest BCUT2D eigenvalue weighted by atomic mass is 79.9. The molecule has 0 aliphatic heterocycles. The minimum absolute atomic E-state index is 0.163. The van der Waals surface area contributed by atoms with E-state index >= 15 is 0 Å². The summed E-state index contributed by atoms with van der Waals surface area (Å²) >= 11 is 9.28. The Kier molecular flexibility index (Phi) is 5.58. The van der Waals surface area contributed by atoms with Crippen LogP contribution in [0, 0.1) is 5.82 Å². The van der Waals surface area contributed by atoms with Gasteiger partial charge in [-0.05, 0) is 64.3 Å². The van der Waals surface area contributed by atoms with Gasteiger partial charge in [-0.15, -0.1) is 0 Å². The number of likely N-dealkylation sites (N-methyl/N-ethyl adjacent to an activating group) is 1. The Balaban J connectivity index is 2.22. The SMILES string of the molecule is CCNC(Cc1ccc(F)c(Br)c1)c1cccc(Cl)c1. The summed E-state index contributed by atoms with van der Waals surface area (Å²) in [5.41, 5.74) is 2.21. The first-order chi connectivity index (χ1) is 9.60. The molecule has 0 saturated heterocycles. The van der Waals surface area contributed by atoms with E-state index in [0.29, 0.717) is 4.47 Å². The number of hydrogen-bond acceptors (Lipinski definition) is 1. The van der Waals surface area contributed by atoms with Crippen molar-refractivity contribution in [1.82, 2.24) is 5.32 Å². The second-order valence-electron chi connectivity index (χ2n) is 4.62. The van der Waals surface area contributed by atoms with Gasteiger partial charge in [-0.2, -0.15) is 0 Å². The predicted molar refractivity (Wildman–Crippen MR) is 85.7 cm³/mol. The maximum Gasteiger partial charge on any atom is 0.137 e. The Morgan fingerprint density at radius 2 is 2.05 bits per heavy atom. The number of rotatable bonds is 5. The van der Waals surface area contributed by atoms with E-state index in [1.54, 1.807) is 0 Å². The minimum atomic E-state index is -0.239. The maximum absolute atomic E-state index is 13.3. The van der Waals surface area contributed by atoms with Gasteiger partial charge in [0, 0.05) is 11.1 Å². The van der Waals surface area contributed by atoms with Crippen LogP contribution in [-0.4, -0.2) is 6.54 Å². The van der Waals surface area contributed by atoms with Crippen molar-refractivity contribution in [3.63, 3.8) is 0 Å². The molecule has 1 N–H and O–H groups in total. The quantitative estimate of drug-likeness (QED) is 0.782. The van der Waals surface area contributed by atoms with Gasteiger partial charge < -0.3 is 5.32 Å². The van der Waals surface area contributed by atoms with Crippen molar-refractivity contribution in [1.29, 1.82) is 0 Å². The molecule has 0 fully saturated rings. The maximum atomic E-state index is 13.3. The van der Waals surface area contributed by atoms with Crippen LogP contribution < -0.4 is 5.32 Å². The third-order valence-corrected chi connectivity index (χ3v) is 3.97. The molecule has 0 radical (unpaired) electrons. The fraction of sp³-hybridized carbons (Fsp3) is 0.250. The number of halogens is 3. The van der Waals surface area contributed by atoms with Crippen molar-refractivity contribution in [3.8, 4) is 0 Å². The van der Waals surface area contributed by atoms with E-state index in [1.165, 1.54) is 6.07 Å². The number of hydrogen-bond donors (Lipinski definition) is 1. The standard InChI is InChI=1S/C16H16BrClFN/c1-2-20-16(12-4-3-5-13(18)10-12)9-11-6-7-15(19)14(17)8-11/h3-8,10,16,20H,2,9H2,1H3. The van der Waals surface area contributed by atoms with E-state index < -0.39 is 0 Å². The summed E-state index contributed by atoms with van der Waals surface area (Å²) in [5.74, 6) is -0.239. The first kappa shape index (κ1) is 15.5. The van der Waals surface area contributed by atoms with E-state index in [0.717, 1.165) is 29.1 Å². The van der Waals surface area contributed by atoms with Crippen molar-refractivity contribution < 1.29 is 4.39 Å². The summed E-state index contributed by atoms with van der Waals surface area (Å²) in [6, 6.07) is 13.1. The minimum Gasteiger partial charge on any atom is -0.310 e. The Labute approximate surface area is 132 Å². The van der Waals surface area contributed by atoms with Gasteiger partial charge in [0.2, 0.25) is 0 Å². The van der Waals surface area contributed by atoms with Crippen LogP contribution in [0.4, 0.5) is 4.39 Å². The Hall–Kier alpha value is -0.900. The fourth-order valence-corrected chi connectivity index (χ4v) is 2.80. The van der Waals surface area contributed by atoms with E-state index in [2.05, 4.69) is 34.2 Å². The molecule has 106 valence electrons. The average molecular weight is 357 g/mol. The molecule has 20 heavy (non-hydrogen) atoms. The van der Waals surface area contributed by atoms with Crippen molar-refractivity contribution in [2.24, 2.45) is 0 Å². The second kappa shape index (κ2) is 7.21. The van der Waals surface area contributed by atoms with Gasteiger partial charge in [-0.3, -0.25) is 0 Å². The van der Waals surface area contributed by atoms with Crippen LogP contribution in [0.1, 0.15) is 24.1 Å². The van der Waals surface area contributed by atoms with E-state index in [-0.39, 0.29) is 11.9 Å². The summed E-state index contributed by atoms with van der Waals surface area (Å²) < 4.78 is 13.8. The Morgan fingerprint density at radius 1 is 1.25 bits per heavy atom. The second-order valence-corrected chi connectivity index (χ2v) is 5.91. The lowest BCUT2D eigenvalue weighted by Crippen LogP contribution is -2.23. The molecule has 0 bridgehead atoms. The van der Waals surface area contributed by atoms with Crippen molar-refractivity contribution >= 4 is 27.5 Å². The first-order valence-electron chi connectivity index (χ1n) is 6.53. The van der Waals surface area contributed by atoms with Gasteiger partial charge in [0.05, 0.1) is 4.47 Å². The first-order valence-corrected chi connectivity index (χ1v) is 7.70. The van der Waals surface area contributed by atoms with Crippen LogP contribution in [0.5, 0.6) is 0 Å². The van der Waals surface area contributed by atoms with Crippen LogP contribution in [0.2, 0.25) is 5.02 Å². The molecule has 4 heteroatoms. The number of benzene rings is 2. The summed E-state index contributed by atoms with van der Waals surface area (Å²) in [4.78, 5) is 0. The van der Waals surface area contributed by atoms with Crippen LogP contribution in [0.25, 0.3) is 0 Å². The van der Waals surface area contributed by atoms with Crippen molar-refractivity contribution in [2.75, 3.05) is 6.54 Å². The molecule has 0 aromatic heterocycles. The predicted octanol–water partition coefficient (Wildman–Crippen LogP) is 5.13. The van der Waals surface area contributed by atoms with Crippen LogP contribution in [-0.2, 0) is 6.42 Å². The van der Waals surface area contributed by atoms with Gasteiger partial charge in [0.25, 0.3) is 0 Å². The average Bonchev–Trinajstić information content (AvgIpc) is 2.42. The molecule has 1 nitrogen and oxygen atoms in total. The lowest BCUT2D eigenvalue weighted by molar-refractivity contribution is 0.548. The van der Waals surface area contributed by atoms with Gasteiger partial charge in [-0.1, -0.05) is 36.7 Å². The van der Waals surface area contributed by atoms with Gasteiger partial charge in [-0.25, -0.2) is 4.39 Å². The van der Waals surface area contributed by atoms with E-state index in [9.17, 15) is 4.39 Å². The zero-order chi connectivity index (χ0) is 14.5. The molecule has 0 saturated carbocycles. The lowest BCUT2D eigenvalue weighted by Gasteiger charge is -2.19. The van der Waals surface area contributed by atoms with Gasteiger partial charge in [0.1, 0.15) is 5.82 Å². The molecule has 0 spiro atoms. The van der Waals surface area contributed by atoms with Crippen LogP contribution in [0.3, 0.4) is 0 Å². The molecule has 0 amide bonds. The zero-order valence-corrected chi connectivity index (χ0v) is 13.5. The molecule has 2 aromatic carbocycles. The lowest BCUT2D eigenvalue weighted by atomic mass is 9.99. The highest BCUT2D eigenvalue weighted by molar-refractivity contribution is 9.10. The molecule has 1 unspecified atom stereocenters. The van der Waals surface area contributed by atoms with Crippen molar-refractivity contribution in [3.05, 3.63) is 68.9 Å². The smallest absolute Gasteiger partial charge is 0.137 e. The molecule has 0 heterocycles. The van der Waals surface area contributed by atoms with Crippen LogP contribution in [0.15, 0.2) is 46.9 Å². The van der Waals surface area contributed by atoms with E-state index in [4.69, 9.17) is 11.6 Å². The third kappa shape index (κ3) is 4.05. The summed E-state index contributed by atoms with van der Waals surface area (Å²) in [6.45, 7) is 2.93. The summed E-state index contributed by atoms with van der Waals surface area (Å²) in [6.07, 6.45) is 0.785. The molecule has 0 aliphatic carbocycles. The van der Waals surface area contributed by atoms with Crippen LogP contribution >= 0.6 is 27.5 Å². The van der Waals surface area contributed by atoms with Crippen molar-refractivity contribution in [2.45, 2.75) is 19.4 Å². The number of nitrogens with one attached hydrogen (secondary N) is 1. The molecular weight excluding hydrogens is 341 g/mol. The third-order valence-electron chi connectivity index (χ3n) is 3.13. The zero-order valence-electron chi connectivity index (χ0n) is 11.2. The van der Waals surface area contributed by atoms with Gasteiger partial charge in [0.15, 0.2) is 0 Å². The molecule has 1 atom stereocenters. The highest BCUT2D eigenvalue weighted by Gasteiger charge is 2.12. The summed E-state index contributed by atoms with van der Waals surface area (Å²) in [5, 5.41) is 4.17. The Bertz CT molecular complexity index is 588. The topological polar surface area (TPSA) is 12.0 Å². The highest BCUT2D eigenvalue weighted by Crippen LogP contribution is 2.24. The largest absolute Gasteiger partial charge is 0.310 e. The Morgan fingerprint density at radius 3 is 2.70 bits per heavy atom. The molecular formula is C16H16BrClFN.